The third kappa shape index (κ3) is 4.95. The molecule has 1 aromatic rings. The van der Waals surface area contributed by atoms with Crippen LogP contribution in [-0.4, -0.2) is 49.8 Å². The Hall–Kier alpha value is -2.62. The first-order chi connectivity index (χ1) is 11.3. The van der Waals surface area contributed by atoms with E-state index in [0.717, 1.165) is 11.3 Å². The molecule has 0 aliphatic carbocycles. The number of rotatable bonds is 7. The number of ether oxygens (including phenoxy) is 2. The number of hydrogen-bond acceptors (Lipinski definition) is 7. The van der Waals surface area contributed by atoms with Gasteiger partial charge >= 0.3 is 23.9 Å². The van der Waals surface area contributed by atoms with Gasteiger partial charge in [0.15, 0.2) is 0 Å². The number of carbonyl (C=O) groups excluding carboxylic acids is 3. The maximum atomic E-state index is 11.9. The van der Waals surface area contributed by atoms with Crippen molar-refractivity contribution in [3.63, 3.8) is 0 Å². The van der Waals surface area contributed by atoms with Crippen LogP contribution in [0.2, 0.25) is 0 Å². The van der Waals surface area contributed by atoms with E-state index in [9.17, 15) is 19.2 Å². The highest BCUT2D eigenvalue weighted by molar-refractivity contribution is 7.18. The topological polar surface area (TPSA) is 131 Å². The van der Waals surface area contributed by atoms with Gasteiger partial charge in [0.25, 0.3) is 0 Å². The zero-order valence-corrected chi connectivity index (χ0v) is 14.2. The molecule has 0 atom stereocenters. The lowest BCUT2D eigenvalue weighted by Gasteiger charge is -2.07. The number of methoxy groups -OCH3 is 2. The molecule has 0 aromatic carbocycles. The van der Waals surface area contributed by atoms with Gasteiger partial charge in [-0.05, 0) is 18.9 Å². The first kappa shape index (κ1) is 19.4. The number of amides is 2. The smallest absolute Gasteiger partial charge is 0.348 e. The van der Waals surface area contributed by atoms with E-state index >= 15 is 0 Å². The summed E-state index contributed by atoms with van der Waals surface area (Å²) < 4.78 is 9.31. The second-order valence-electron chi connectivity index (χ2n) is 4.62. The Balaban J connectivity index is 2.89. The van der Waals surface area contributed by atoms with E-state index < -0.39 is 23.9 Å². The second kappa shape index (κ2) is 8.87. The summed E-state index contributed by atoms with van der Waals surface area (Å²) in [6.07, 6.45) is 0.196. The molecule has 132 valence electrons. The van der Waals surface area contributed by atoms with E-state index in [4.69, 9.17) is 5.11 Å². The van der Waals surface area contributed by atoms with Crippen LogP contribution in [0.4, 0.5) is 9.80 Å². The number of hydrogen-bond donors (Lipinski definition) is 3. The summed E-state index contributed by atoms with van der Waals surface area (Å²) in [5, 5.41) is 13.6. The average molecular weight is 358 g/mol. The van der Waals surface area contributed by atoms with Crippen LogP contribution >= 0.6 is 11.3 Å². The van der Waals surface area contributed by atoms with Crippen LogP contribution in [0.5, 0.6) is 0 Å². The van der Waals surface area contributed by atoms with Crippen molar-refractivity contribution in [1.82, 2.24) is 5.32 Å². The number of carboxylic acids is 1. The zero-order chi connectivity index (χ0) is 18.3. The van der Waals surface area contributed by atoms with Gasteiger partial charge in [0.2, 0.25) is 0 Å². The molecule has 0 saturated carbocycles. The SMILES string of the molecule is COC(=O)c1sc(NC(=O)NCCCC(=O)O)c(C(=O)OC)c1C. The third-order valence-electron chi connectivity index (χ3n) is 2.99. The van der Waals surface area contributed by atoms with Crippen molar-refractivity contribution >= 4 is 40.3 Å². The lowest BCUT2D eigenvalue weighted by molar-refractivity contribution is -0.137. The van der Waals surface area contributed by atoms with Crippen LogP contribution in [0.15, 0.2) is 0 Å². The number of urea groups is 1. The Morgan fingerprint density at radius 3 is 2.29 bits per heavy atom. The van der Waals surface area contributed by atoms with Crippen molar-refractivity contribution in [3.8, 4) is 0 Å². The van der Waals surface area contributed by atoms with E-state index in [0.29, 0.717) is 5.56 Å². The molecule has 0 aliphatic rings. The van der Waals surface area contributed by atoms with E-state index in [1.54, 1.807) is 6.92 Å². The number of anilines is 1. The molecule has 10 heteroatoms. The van der Waals surface area contributed by atoms with Crippen LogP contribution < -0.4 is 10.6 Å². The molecule has 2 amide bonds. The summed E-state index contributed by atoms with van der Waals surface area (Å²) in [6, 6.07) is -0.622. The summed E-state index contributed by atoms with van der Waals surface area (Å²) in [5.74, 6) is -2.28. The van der Waals surface area contributed by atoms with Gasteiger partial charge in [0.1, 0.15) is 9.88 Å². The number of aliphatic carboxylic acids is 1. The Labute approximate surface area is 141 Å². The number of carboxylic acid groups (broad SMARTS) is 1. The van der Waals surface area contributed by atoms with E-state index in [2.05, 4.69) is 20.1 Å². The molecule has 0 unspecified atom stereocenters. The van der Waals surface area contributed by atoms with Crippen molar-refractivity contribution in [2.75, 3.05) is 26.1 Å². The van der Waals surface area contributed by atoms with E-state index in [1.165, 1.54) is 14.2 Å². The standard InChI is InChI=1S/C14H18N2O7S/c1-7-9(12(19)22-2)11(24-10(7)13(20)23-3)16-14(21)15-6-4-5-8(17)18/h4-6H2,1-3H3,(H,17,18)(H2,15,16,21). The van der Waals surface area contributed by atoms with Gasteiger partial charge in [-0.1, -0.05) is 0 Å². The van der Waals surface area contributed by atoms with Crippen molar-refractivity contribution in [1.29, 1.82) is 0 Å². The lowest BCUT2D eigenvalue weighted by Crippen LogP contribution is -2.30. The molecule has 0 spiro atoms. The Kier molecular flexibility index (Phi) is 7.18. The Morgan fingerprint density at radius 2 is 1.75 bits per heavy atom. The fourth-order valence-electron chi connectivity index (χ4n) is 1.83. The summed E-state index contributed by atoms with van der Waals surface area (Å²) in [4.78, 5) is 46.0. The monoisotopic (exact) mass is 358 g/mol. The van der Waals surface area contributed by atoms with Gasteiger partial charge in [-0.15, -0.1) is 11.3 Å². The first-order valence-corrected chi connectivity index (χ1v) is 7.70. The second-order valence-corrected chi connectivity index (χ2v) is 5.64. The van der Waals surface area contributed by atoms with Crippen LogP contribution in [0, 0.1) is 6.92 Å². The molecular formula is C14H18N2O7S. The molecule has 1 heterocycles. The fourth-order valence-corrected chi connectivity index (χ4v) is 2.93. The van der Waals surface area contributed by atoms with Gasteiger partial charge in [0.05, 0.1) is 19.8 Å². The van der Waals surface area contributed by atoms with Crippen LogP contribution in [0.3, 0.4) is 0 Å². The molecule has 0 bridgehead atoms. The van der Waals surface area contributed by atoms with Gasteiger partial charge in [-0.2, -0.15) is 0 Å². The molecule has 0 aliphatic heterocycles. The minimum atomic E-state index is -0.957. The molecule has 0 saturated heterocycles. The van der Waals surface area contributed by atoms with Crippen molar-refractivity contribution in [2.24, 2.45) is 0 Å². The van der Waals surface area contributed by atoms with Gasteiger partial charge < -0.3 is 19.9 Å². The Bertz CT molecular complexity index is 654. The normalized spacial score (nSPS) is 9.96. The lowest BCUT2D eigenvalue weighted by atomic mass is 10.1. The van der Waals surface area contributed by atoms with Crippen LogP contribution in [0.1, 0.15) is 38.4 Å². The molecule has 3 N–H and O–H groups in total. The largest absolute Gasteiger partial charge is 0.481 e. The van der Waals surface area contributed by atoms with Crippen LogP contribution in [0.25, 0.3) is 0 Å². The van der Waals surface area contributed by atoms with Crippen LogP contribution in [-0.2, 0) is 14.3 Å². The maximum Gasteiger partial charge on any atom is 0.348 e. The highest BCUT2D eigenvalue weighted by atomic mass is 32.1. The third-order valence-corrected chi connectivity index (χ3v) is 4.17. The number of esters is 2. The minimum Gasteiger partial charge on any atom is -0.481 e. The average Bonchev–Trinajstić information content (AvgIpc) is 2.86. The number of carbonyl (C=O) groups is 4. The molecule has 0 radical (unpaired) electrons. The van der Waals surface area contributed by atoms with Gasteiger partial charge in [-0.25, -0.2) is 14.4 Å². The van der Waals surface area contributed by atoms with Crippen molar-refractivity contribution in [2.45, 2.75) is 19.8 Å². The first-order valence-electron chi connectivity index (χ1n) is 6.88. The minimum absolute atomic E-state index is 0.0711. The van der Waals surface area contributed by atoms with E-state index in [1.807, 2.05) is 0 Å². The van der Waals surface area contributed by atoms with Gasteiger partial charge in [0, 0.05) is 13.0 Å². The predicted octanol–water partition coefficient (Wildman–Crippen LogP) is 1.62. The molecule has 1 rings (SSSR count). The zero-order valence-electron chi connectivity index (χ0n) is 13.4. The highest BCUT2D eigenvalue weighted by Crippen LogP contribution is 2.34. The summed E-state index contributed by atoms with van der Waals surface area (Å²) in [7, 11) is 2.40. The van der Waals surface area contributed by atoms with E-state index in [-0.39, 0.29) is 34.8 Å². The van der Waals surface area contributed by atoms with Crippen molar-refractivity contribution in [3.05, 3.63) is 16.0 Å². The summed E-state index contributed by atoms with van der Waals surface area (Å²) in [5.41, 5.74) is 0.420. The predicted molar refractivity (Wildman–Crippen MR) is 85.6 cm³/mol. The van der Waals surface area contributed by atoms with Gasteiger partial charge in [-0.3, -0.25) is 10.1 Å². The Morgan fingerprint density at radius 1 is 1.12 bits per heavy atom. The summed E-state index contributed by atoms with van der Waals surface area (Å²) >= 11 is 0.894. The quantitative estimate of drug-likeness (QED) is 0.498. The number of thiophene rings is 1. The van der Waals surface area contributed by atoms with Crippen molar-refractivity contribution < 1.29 is 33.8 Å². The summed E-state index contributed by atoms with van der Waals surface area (Å²) in [6.45, 7) is 1.70. The fraction of sp³-hybridized carbons (Fsp3) is 0.429. The molecule has 24 heavy (non-hydrogen) atoms. The molecule has 0 fully saturated rings. The number of nitrogens with one attached hydrogen (secondary N) is 2. The highest BCUT2D eigenvalue weighted by Gasteiger charge is 2.26. The molecular weight excluding hydrogens is 340 g/mol. The maximum absolute atomic E-state index is 11.9. The molecule has 1 aromatic heterocycles. The molecule has 9 nitrogen and oxygen atoms in total.